The normalized spacial score (nSPS) is 10.3. The molecule has 0 saturated heterocycles. The zero-order valence-electron chi connectivity index (χ0n) is 15.0. The zero-order valence-corrected chi connectivity index (χ0v) is 15.0. The van der Waals surface area contributed by atoms with Crippen LogP contribution in [0.25, 0.3) is 0 Å². The third-order valence-corrected chi connectivity index (χ3v) is 3.19. The maximum Gasteiger partial charge on any atom is 0.212 e. The lowest BCUT2D eigenvalue weighted by Gasteiger charge is -2.11. The van der Waals surface area contributed by atoms with Crippen molar-refractivity contribution in [2.24, 2.45) is 0 Å². The van der Waals surface area contributed by atoms with E-state index in [1.54, 1.807) is 13.3 Å². The van der Waals surface area contributed by atoms with Crippen LogP contribution >= 0.6 is 0 Å². The van der Waals surface area contributed by atoms with E-state index in [9.17, 15) is 0 Å². The van der Waals surface area contributed by atoms with Crippen LogP contribution in [0.3, 0.4) is 0 Å². The molecule has 2 heterocycles. The predicted octanol–water partition coefficient (Wildman–Crippen LogP) is 4.64. The van der Waals surface area contributed by atoms with Crippen molar-refractivity contribution in [3.05, 3.63) is 47.9 Å². The molecule has 0 aromatic carbocycles. The molecule has 0 N–H and O–H groups in total. The molecule has 2 rings (SSSR count). The van der Waals surface area contributed by atoms with Crippen LogP contribution in [0.4, 0.5) is 0 Å². The molecule has 0 spiro atoms. The second kappa shape index (κ2) is 9.82. The number of aromatic nitrogens is 2. The molecule has 0 unspecified atom stereocenters. The first-order valence-electron chi connectivity index (χ1n) is 8.06. The summed E-state index contributed by atoms with van der Waals surface area (Å²) < 4.78 is 10.4. The Bertz CT molecular complexity index is 543. The number of methoxy groups -OCH3 is 1. The Morgan fingerprint density at radius 1 is 1.04 bits per heavy atom. The van der Waals surface area contributed by atoms with Crippen LogP contribution in [0.2, 0.25) is 0 Å². The van der Waals surface area contributed by atoms with E-state index in [4.69, 9.17) is 9.47 Å². The molecule has 0 atom stereocenters. The standard InChI is InChI=1S/C11H17NO.C8H11NO/c1-8(2)10-5-11(7-12-6-10)13-9(3)4;1-3-7-4-5-8(10-2)9-6-7/h5-9H,1-4H3;4-6H,3H2,1-2H3. The summed E-state index contributed by atoms with van der Waals surface area (Å²) in [5.74, 6) is 2.04. The molecule has 0 radical (unpaired) electrons. The van der Waals surface area contributed by atoms with Gasteiger partial charge in [-0.2, -0.15) is 0 Å². The molecular formula is C19H28N2O2. The van der Waals surface area contributed by atoms with Gasteiger partial charge < -0.3 is 9.47 Å². The lowest BCUT2D eigenvalue weighted by atomic mass is 10.1. The van der Waals surface area contributed by atoms with Crippen molar-refractivity contribution in [1.82, 2.24) is 9.97 Å². The highest BCUT2D eigenvalue weighted by atomic mass is 16.5. The fraction of sp³-hybridized carbons (Fsp3) is 0.474. The van der Waals surface area contributed by atoms with E-state index >= 15 is 0 Å². The maximum absolute atomic E-state index is 5.54. The third kappa shape index (κ3) is 7.13. The Kier molecular flexibility index (Phi) is 8.09. The second-order valence-electron chi connectivity index (χ2n) is 5.84. The van der Waals surface area contributed by atoms with Crippen molar-refractivity contribution in [3.63, 3.8) is 0 Å². The van der Waals surface area contributed by atoms with E-state index in [1.165, 1.54) is 11.1 Å². The predicted molar refractivity (Wildman–Crippen MR) is 94.3 cm³/mol. The Labute approximate surface area is 139 Å². The molecule has 0 aliphatic heterocycles. The summed E-state index contributed by atoms with van der Waals surface area (Å²) in [4.78, 5) is 8.18. The van der Waals surface area contributed by atoms with E-state index in [-0.39, 0.29) is 6.10 Å². The molecule has 2 aromatic rings. The van der Waals surface area contributed by atoms with Crippen LogP contribution < -0.4 is 9.47 Å². The molecule has 23 heavy (non-hydrogen) atoms. The van der Waals surface area contributed by atoms with Gasteiger partial charge in [-0.05, 0) is 43.4 Å². The fourth-order valence-electron chi connectivity index (χ4n) is 1.83. The van der Waals surface area contributed by atoms with Crippen LogP contribution in [-0.4, -0.2) is 23.2 Å². The smallest absolute Gasteiger partial charge is 0.212 e. The number of pyridine rings is 2. The van der Waals surface area contributed by atoms with Crippen molar-refractivity contribution in [3.8, 4) is 11.6 Å². The van der Waals surface area contributed by atoms with Crippen LogP contribution in [0.5, 0.6) is 11.6 Å². The lowest BCUT2D eigenvalue weighted by Crippen LogP contribution is -2.06. The molecule has 2 aromatic heterocycles. The number of hydrogen-bond acceptors (Lipinski definition) is 4. The minimum atomic E-state index is 0.212. The van der Waals surface area contributed by atoms with Gasteiger partial charge in [-0.1, -0.05) is 26.8 Å². The topological polar surface area (TPSA) is 44.2 Å². The number of hydrogen-bond donors (Lipinski definition) is 0. The van der Waals surface area contributed by atoms with Gasteiger partial charge in [-0.25, -0.2) is 4.98 Å². The van der Waals surface area contributed by atoms with E-state index < -0.39 is 0 Å². The summed E-state index contributed by atoms with van der Waals surface area (Å²) in [6.45, 7) is 10.4. The highest BCUT2D eigenvalue weighted by Gasteiger charge is 2.02. The lowest BCUT2D eigenvalue weighted by molar-refractivity contribution is 0.241. The van der Waals surface area contributed by atoms with Gasteiger partial charge in [0.25, 0.3) is 0 Å². The Morgan fingerprint density at radius 3 is 2.26 bits per heavy atom. The summed E-state index contributed by atoms with van der Waals surface area (Å²) >= 11 is 0. The summed E-state index contributed by atoms with van der Waals surface area (Å²) in [5, 5.41) is 0. The molecular weight excluding hydrogens is 288 g/mol. The summed E-state index contributed by atoms with van der Waals surface area (Å²) in [5.41, 5.74) is 2.46. The van der Waals surface area contributed by atoms with Gasteiger partial charge in [0.2, 0.25) is 5.88 Å². The molecule has 4 heteroatoms. The third-order valence-electron chi connectivity index (χ3n) is 3.19. The van der Waals surface area contributed by atoms with Gasteiger partial charge in [0.1, 0.15) is 5.75 Å². The molecule has 0 bridgehead atoms. The van der Waals surface area contributed by atoms with E-state index in [1.807, 2.05) is 38.4 Å². The first kappa shape index (κ1) is 18.9. The first-order valence-corrected chi connectivity index (χ1v) is 8.06. The van der Waals surface area contributed by atoms with Gasteiger partial charge in [0, 0.05) is 18.5 Å². The molecule has 0 amide bonds. The van der Waals surface area contributed by atoms with Gasteiger partial charge in [-0.15, -0.1) is 0 Å². The van der Waals surface area contributed by atoms with Crippen molar-refractivity contribution in [2.75, 3.05) is 7.11 Å². The average Bonchev–Trinajstić information content (AvgIpc) is 2.55. The average molecular weight is 316 g/mol. The number of ether oxygens (including phenoxy) is 2. The highest BCUT2D eigenvalue weighted by molar-refractivity contribution is 5.25. The molecule has 0 aliphatic carbocycles. The van der Waals surface area contributed by atoms with Gasteiger partial charge in [0.15, 0.2) is 0 Å². The summed E-state index contributed by atoms with van der Waals surface area (Å²) in [6, 6.07) is 5.95. The number of aryl methyl sites for hydroxylation is 1. The van der Waals surface area contributed by atoms with Crippen LogP contribution in [0.1, 0.15) is 51.7 Å². The molecule has 0 fully saturated rings. The van der Waals surface area contributed by atoms with Crippen molar-refractivity contribution < 1.29 is 9.47 Å². The number of nitrogens with zero attached hydrogens (tertiary/aromatic N) is 2. The first-order chi connectivity index (χ1) is 11.0. The highest BCUT2D eigenvalue weighted by Crippen LogP contribution is 2.19. The Morgan fingerprint density at radius 2 is 1.78 bits per heavy atom. The second-order valence-corrected chi connectivity index (χ2v) is 5.84. The van der Waals surface area contributed by atoms with E-state index in [0.717, 1.165) is 12.2 Å². The van der Waals surface area contributed by atoms with E-state index in [2.05, 4.69) is 36.8 Å². The summed E-state index contributed by atoms with van der Waals surface area (Å²) in [6.07, 6.45) is 6.71. The number of rotatable bonds is 5. The SMILES string of the molecule is CC(C)Oc1cncc(C(C)C)c1.CCc1ccc(OC)nc1. The van der Waals surface area contributed by atoms with Crippen molar-refractivity contribution >= 4 is 0 Å². The van der Waals surface area contributed by atoms with Gasteiger partial charge >= 0.3 is 0 Å². The molecule has 0 aliphatic rings. The quantitative estimate of drug-likeness (QED) is 0.805. The molecule has 4 nitrogen and oxygen atoms in total. The maximum atomic E-state index is 5.54. The summed E-state index contributed by atoms with van der Waals surface area (Å²) in [7, 11) is 1.62. The van der Waals surface area contributed by atoms with Crippen molar-refractivity contribution in [2.45, 2.75) is 53.1 Å². The monoisotopic (exact) mass is 316 g/mol. The van der Waals surface area contributed by atoms with Crippen LogP contribution in [0.15, 0.2) is 36.8 Å². The van der Waals surface area contributed by atoms with Gasteiger partial charge in [-0.3, -0.25) is 4.98 Å². The van der Waals surface area contributed by atoms with E-state index in [0.29, 0.717) is 11.8 Å². The van der Waals surface area contributed by atoms with Crippen molar-refractivity contribution in [1.29, 1.82) is 0 Å². The largest absolute Gasteiger partial charge is 0.489 e. The minimum Gasteiger partial charge on any atom is -0.489 e. The molecule has 126 valence electrons. The fourth-order valence-corrected chi connectivity index (χ4v) is 1.83. The van der Waals surface area contributed by atoms with Crippen LogP contribution in [0, 0.1) is 0 Å². The minimum absolute atomic E-state index is 0.212. The molecule has 0 saturated carbocycles. The zero-order chi connectivity index (χ0) is 17.2. The van der Waals surface area contributed by atoms with Crippen LogP contribution in [-0.2, 0) is 6.42 Å². The van der Waals surface area contributed by atoms with Gasteiger partial charge in [0.05, 0.1) is 19.4 Å². The Balaban J connectivity index is 0.000000238. The Hall–Kier alpha value is -2.10.